The minimum Gasteiger partial charge on any atom is -0.0480 e. The Labute approximate surface area is 195 Å². The van der Waals surface area contributed by atoms with Gasteiger partial charge in [0, 0.05) is 0 Å². The summed E-state index contributed by atoms with van der Waals surface area (Å²) in [5.41, 5.74) is 2.80. The number of hydrogen-bond donors (Lipinski definition) is 0. The van der Waals surface area contributed by atoms with Crippen molar-refractivity contribution < 1.29 is 13.2 Å². The van der Waals surface area contributed by atoms with Crippen molar-refractivity contribution in [3.05, 3.63) is 70.9 Å². The Morgan fingerprint density at radius 2 is 1.68 bits per heavy atom. The van der Waals surface area contributed by atoms with E-state index in [0.717, 1.165) is 56.4 Å². The Bertz CT molecular complexity index is 925. The first kappa shape index (κ1) is 22.6. The van der Waals surface area contributed by atoms with E-state index >= 15 is 0 Å². The quantitative estimate of drug-likeness (QED) is 0.544. The van der Waals surface area contributed by atoms with Crippen molar-refractivity contribution >= 4 is 39.8 Å². The molecule has 0 bridgehead atoms. The molecular formula is C23H26AsClF3N3. The van der Waals surface area contributed by atoms with Crippen molar-refractivity contribution in [2.75, 3.05) is 49.1 Å². The fourth-order valence-electron chi connectivity index (χ4n) is 4.18. The zero-order valence-electron chi connectivity index (χ0n) is 17.2. The van der Waals surface area contributed by atoms with Gasteiger partial charge in [-0.05, 0) is 24.3 Å². The van der Waals surface area contributed by atoms with Crippen molar-refractivity contribution in [2.45, 2.75) is 17.3 Å². The first-order valence-electron chi connectivity index (χ1n) is 10.5. The summed E-state index contributed by atoms with van der Waals surface area (Å²) in [6.07, 6.45) is 1.17. The minimum atomic E-state index is -4.29. The predicted molar refractivity (Wildman–Crippen MR) is 124 cm³/mol. The van der Waals surface area contributed by atoms with E-state index in [-0.39, 0.29) is 0 Å². The van der Waals surface area contributed by atoms with Crippen molar-refractivity contribution in [1.29, 1.82) is 0 Å². The summed E-state index contributed by atoms with van der Waals surface area (Å²) in [5, 5.41) is 0.762. The predicted octanol–water partition coefficient (Wildman–Crippen LogP) is 4.58. The fourth-order valence-corrected chi connectivity index (χ4v) is 5.14. The molecule has 166 valence electrons. The second-order valence-electron chi connectivity index (χ2n) is 7.99. The number of fused-ring (bicyclic) bond motifs is 1. The number of allylic oxidation sites excluding steroid dienone is 1. The van der Waals surface area contributed by atoms with Crippen LogP contribution in [0.15, 0.2) is 54.7 Å². The SMILES string of the molecule is FC(F)(F)c1ccc(N2CCN(CCCN3C=CC([AsH2])c4ccc(Cl)cc43)CC2)cc1. The summed E-state index contributed by atoms with van der Waals surface area (Å²) in [6.45, 7) is 5.42. The van der Waals surface area contributed by atoms with Crippen molar-refractivity contribution in [2.24, 2.45) is 0 Å². The molecule has 31 heavy (non-hydrogen) atoms. The van der Waals surface area contributed by atoms with Gasteiger partial charge in [-0.1, -0.05) is 0 Å². The summed E-state index contributed by atoms with van der Waals surface area (Å²) in [6, 6.07) is 11.6. The van der Waals surface area contributed by atoms with Gasteiger partial charge in [0.25, 0.3) is 0 Å². The zero-order chi connectivity index (χ0) is 22.0. The van der Waals surface area contributed by atoms with E-state index in [4.69, 9.17) is 11.6 Å². The molecule has 0 radical (unpaired) electrons. The molecule has 0 amide bonds. The van der Waals surface area contributed by atoms with Crippen LogP contribution in [0.5, 0.6) is 0 Å². The molecule has 0 saturated carbocycles. The first-order chi connectivity index (χ1) is 14.8. The Morgan fingerprint density at radius 1 is 0.968 bits per heavy atom. The third-order valence-electron chi connectivity index (χ3n) is 5.94. The molecule has 1 fully saturated rings. The normalized spacial score (nSPS) is 19.6. The van der Waals surface area contributed by atoms with Crippen molar-refractivity contribution in [1.82, 2.24) is 4.90 Å². The van der Waals surface area contributed by atoms with E-state index in [1.54, 1.807) is 29.0 Å². The van der Waals surface area contributed by atoms with Gasteiger partial charge in [-0.15, -0.1) is 0 Å². The molecule has 0 aromatic heterocycles. The second kappa shape index (κ2) is 9.48. The standard InChI is InChI=1S/C23H26AsClF3N3/c24-21-8-11-31(22-16-18(25)4-7-20(21)22)10-1-9-29-12-14-30(15-13-29)19-5-2-17(3-6-19)23(26,27)28/h2-8,11,16,21H,1,9-10,12-15,24H2. The van der Waals surface area contributed by atoms with Gasteiger partial charge in [-0.3, -0.25) is 0 Å². The number of nitrogens with zero attached hydrogens (tertiary/aromatic N) is 3. The maximum atomic E-state index is 12.8. The maximum Gasteiger partial charge on any atom is -0.0382 e. The molecule has 2 aromatic rings. The molecule has 8 heteroatoms. The van der Waals surface area contributed by atoms with Crippen LogP contribution in [0.2, 0.25) is 5.02 Å². The molecule has 0 N–H and O–H groups in total. The van der Waals surface area contributed by atoms with Gasteiger partial charge in [0.1, 0.15) is 0 Å². The van der Waals surface area contributed by atoms with Gasteiger partial charge < -0.3 is 0 Å². The van der Waals surface area contributed by atoms with Crippen LogP contribution < -0.4 is 9.80 Å². The van der Waals surface area contributed by atoms with Crippen LogP contribution >= 0.6 is 11.6 Å². The molecule has 2 heterocycles. The van der Waals surface area contributed by atoms with Gasteiger partial charge in [-0.2, -0.15) is 13.2 Å². The summed E-state index contributed by atoms with van der Waals surface area (Å²) < 4.78 is 38.7. The van der Waals surface area contributed by atoms with Gasteiger partial charge in [-0.25, -0.2) is 0 Å². The average Bonchev–Trinajstić information content (AvgIpc) is 2.75. The number of piperazine rings is 1. The van der Waals surface area contributed by atoms with Crippen LogP contribution in [-0.4, -0.2) is 61.0 Å². The summed E-state index contributed by atoms with van der Waals surface area (Å²) in [5.74, 6) is 0. The van der Waals surface area contributed by atoms with Crippen LogP contribution in [-0.2, 0) is 6.18 Å². The molecule has 3 nitrogen and oxygen atoms in total. The van der Waals surface area contributed by atoms with E-state index in [1.165, 1.54) is 23.4 Å². The second-order valence-corrected chi connectivity index (χ2v) is 9.93. The maximum absolute atomic E-state index is 12.8. The number of halogens is 4. The molecule has 2 aliphatic rings. The average molecular weight is 512 g/mol. The summed E-state index contributed by atoms with van der Waals surface area (Å²) in [4.78, 5) is 6.88. The third kappa shape index (κ3) is 5.42. The van der Waals surface area contributed by atoms with Crippen LogP contribution in [0.4, 0.5) is 24.5 Å². The van der Waals surface area contributed by atoms with E-state index in [2.05, 4.69) is 39.1 Å². The molecule has 0 spiro atoms. The molecule has 2 atom stereocenters. The third-order valence-corrected chi connectivity index (χ3v) is 7.39. The number of benzene rings is 2. The Balaban J connectivity index is 1.26. The molecule has 0 aliphatic carbocycles. The number of alkyl halides is 3. The molecule has 4 rings (SSSR count). The zero-order valence-corrected chi connectivity index (χ0v) is 20.3. The largest absolute Gasteiger partial charge is 0.0480 e. The summed E-state index contributed by atoms with van der Waals surface area (Å²) in [7, 11) is 0. The molecule has 2 unspecified atom stereocenters. The van der Waals surface area contributed by atoms with Crippen LogP contribution in [0.25, 0.3) is 0 Å². The van der Waals surface area contributed by atoms with Gasteiger partial charge >= 0.3 is 152 Å². The van der Waals surface area contributed by atoms with Gasteiger partial charge in [0.15, 0.2) is 0 Å². The first-order valence-corrected chi connectivity index (χ1v) is 12.2. The molecule has 2 aromatic carbocycles. The minimum absolute atomic E-state index is 0.453. The topological polar surface area (TPSA) is 9.72 Å². The number of rotatable bonds is 5. The molecular weight excluding hydrogens is 486 g/mol. The van der Waals surface area contributed by atoms with Gasteiger partial charge in [0.05, 0.1) is 5.56 Å². The van der Waals surface area contributed by atoms with Crippen molar-refractivity contribution in [3.63, 3.8) is 0 Å². The van der Waals surface area contributed by atoms with Crippen LogP contribution in [0.3, 0.4) is 0 Å². The fraction of sp³-hybridized carbons (Fsp3) is 0.391. The number of hydrogen-bond acceptors (Lipinski definition) is 3. The van der Waals surface area contributed by atoms with Gasteiger partial charge in [0.2, 0.25) is 0 Å². The smallest absolute Gasteiger partial charge is 0.0382 e. The monoisotopic (exact) mass is 511 g/mol. The van der Waals surface area contributed by atoms with Crippen LogP contribution in [0.1, 0.15) is 22.3 Å². The molecule has 1 saturated heterocycles. The van der Waals surface area contributed by atoms with E-state index in [1.807, 2.05) is 6.07 Å². The Hall–Kier alpha value is -1.62. The van der Waals surface area contributed by atoms with E-state index < -0.39 is 11.7 Å². The Kier molecular flexibility index (Phi) is 6.90. The van der Waals surface area contributed by atoms with Crippen LogP contribution in [0, 0.1) is 0 Å². The molecule has 2 aliphatic heterocycles. The van der Waals surface area contributed by atoms with E-state index in [0.29, 0.717) is 4.71 Å². The summed E-state index contributed by atoms with van der Waals surface area (Å²) >= 11 is 7.92. The Morgan fingerprint density at radius 3 is 2.35 bits per heavy atom. The van der Waals surface area contributed by atoms with E-state index in [9.17, 15) is 13.2 Å². The number of anilines is 2. The van der Waals surface area contributed by atoms with Crippen molar-refractivity contribution in [3.8, 4) is 0 Å².